The lowest BCUT2D eigenvalue weighted by Gasteiger charge is -2.33. The maximum atomic E-state index is 12.9. The molecule has 4 heterocycles. The van der Waals surface area contributed by atoms with E-state index in [1.165, 1.54) is 17.0 Å². The van der Waals surface area contributed by atoms with Crippen LogP contribution < -0.4 is 16.0 Å². The van der Waals surface area contributed by atoms with Crippen LogP contribution in [0.2, 0.25) is 0 Å². The summed E-state index contributed by atoms with van der Waals surface area (Å²) in [5, 5.41) is 8.90. The molecule has 1 aliphatic heterocycles. The van der Waals surface area contributed by atoms with Crippen molar-refractivity contribution in [1.29, 1.82) is 5.26 Å². The third-order valence-corrected chi connectivity index (χ3v) is 6.09. The van der Waals surface area contributed by atoms with Crippen molar-refractivity contribution in [3.63, 3.8) is 0 Å². The molecular weight excluding hydrogens is 382 g/mol. The minimum absolute atomic E-state index is 0.109. The number of rotatable bonds is 3. The van der Waals surface area contributed by atoms with Crippen LogP contribution >= 0.6 is 0 Å². The van der Waals surface area contributed by atoms with E-state index in [1.807, 2.05) is 23.2 Å². The molecule has 3 aromatic heterocycles. The van der Waals surface area contributed by atoms with Crippen molar-refractivity contribution in [3.05, 3.63) is 56.5 Å². The zero-order valence-electron chi connectivity index (χ0n) is 16.7. The summed E-state index contributed by atoms with van der Waals surface area (Å²) in [6.07, 6.45) is 8.52. The molecule has 0 bridgehead atoms. The SMILES string of the molecule is Cn1c(=O)c(=O)n(C2CCN(c3ncc(C#N)cn3)CC2)c2ncc(C3CC3)cc21. The van der Waals surface area contributed by atoms with E-state index in [9.17, 15) is 9.59 Å². The second-order valence-electron chi connectivity index (χ2n) is 8.03. The molecule has 0 N–H and O–H groups in total. The fourth-order valence-electron chi connectivity index (χ4n) is 4.19. The molecule has 5 rings (SSSR count). The van der Waals surface area contributed by atoms with Crippen molar-refractivity contribution in [2.45, 2.75) is 37.6 Å². The Bertz CT molecular complexity index is 1270. The Morgan fingerprint density at radius 2 is 1.70 bits per heavy atom. The summed E-state index contributed by atoms with van der Waals surface area (Å²) in [5.41, 5.74) is 1.79. The molecule has 2 aliphatic rings. The van der Waals surface area contributed by atoms with Gasteiger partial charge in [0.2, 0.25) is 5.95 Å². The smallest absolute Gasteiger partial charge is 0.318 e. The second-order valence-corrected chi connectivity index (χ2v) is 8.03. The van der Waals surface area contributed by atoms with Gasteiger partial charge in [0, 0.05) is 32.4 Å². The van der Waals surface area contributed by atoms with Crippen LogP contribution in [-0.4, -0.2) is 37.2 Å². The lowest BCUT2D eigenvalue weighted by Crippen LogP contribution is -2.45. The first-order valence-electron chi connectivity index (χ1n) is 10.1. The molecule has 9 nitrogen and oxygen atoms in total. The van der Waals surface area contributed by atoms with Crippen LogP contribution in [0.25, 0.3) is 11.2 Å². The van der Waals surface area contributed by atoms with Crippen LogP contribution in [0.15, 0.2) is 34.2 Å². The Labute approximate surface area is 172 Å². The molecular formula is C21H21N7O2. The van der Waals surface area contributed by atoms with Crippen LogP contribution in [-0.2, 0) is 7.05 Å². The molecule has 3 aromatic rings. The van der Waals surface area contributed by atoms with E-state index in [0.717, 1.165) is 18.4 Å². The van der Waals surface area contributed by atoms with Crippen molar-refractivity contribution in [1.82, 2.24) is 24.1 Å². The topological polar surface area (TPSA) is 110 Å². The number of nitrogens with zero attached hydrogens (tertiary/aromatic N) is 7. The summed E-state index contributed by atoms with van der Waals surface area (Å²) in [4.78, 5) is 40.7. The highest BCUT2D eigenvalue weighted by atomic mass is 16.2. The molecule has 0 amide bonds. The molecule has 1 saturated carbocycles. The number of hydrogen-bond acceptors (Lipinski definition) is 7. The number of piperidine rings is 1. The minimum Gasteiger partial charge on any atom is -0.341 e. The number of anilines is 1. The summed E-state index contributed by atoms with van der Waals surface area (Å²) >= 11 is 0. The monoisotopic (exact) mass is 403 g/mol. The second kappa shape index (κ2) is 7.06. The first kappa shape index (κ1) is 18.5. The number of pyridine rings is 1. The average Bonchev–Trinajstić information content (AvgIpc) is 3.64. The van der Waals surface area contributed by atoms with Gasteiger partial charge in [-0.15, -0.1) is 0 Å². The Kier molecular flexibility index (Phi) is 4.35. The molecule has 9 heteroatoms. The summed E-state index contributed by atoms with van der Waals surface area (Å²) in [5.74, 6) is 1.09. The zero-order chi connectivity index (χ0) is 20.8. The Morgan fingerprint density at radius 1 is 1.00 bits per heavy atom. The van der Waals surface area contributed by atoms with Gasteiger partial charge in [0.15, 0.2) is 5.65 Å². The average molecular weight is 403 g/mol. The first-order chi connectivity index (χ1) is 14.6. The molecule has 1 saturated heterocycles. The van der Waals surface area contributed by atoms with Crippen LogP contribution in [0, 0.1) is 11.3 Å². The van der Waals surface area contributed by atoms with Gasteiger partial charge in [0.1, 0.15) is 6.07 Å². The molecule has 0 radical (unpaired) electrons. The van der Waals surface area contributed by atoms with Gasteiger partial charge in [-0.2, -0.15) is 5.26 Å². The van der Waals surface area contributed by atoms with Gasteiger partial charge in [0.25, 0.3) is 0 Å². The lowest BCUT2D eigenvalue weighted by atomic mass is 10.0. The number of hydrogen-bond donors (Lipinski definition) is 0. The standard InChI is InChI=1S/C21H21N7O2/c1-26-17-8-15(14-2-3-14)12-23-18(17)28(20(30)19(26)29)16-4-6-27(7-5-16)21-24-10-13(9-22)11-25-21/h8,10-12,14,16H,2-7H2,1H3. The molecule has 0 unspecified atom stereocenters. The van der Waals surface area contributed by atoms with Gasteiger partial charge in [-0.05, 0) is 43.2 Å². The summed E-state index contributed by atoms with van der Waals surface area (Å²) < 4.78 is 3.01. The van der Waals surface area contributed by atoms with E-state index in [4.69, 9.17) is 5.26 Å². The van der Waals surface area contributed by atoms with E-state index >= 15 is 0 Å². The Balaban J connectivity index is 1.47. The van der Waals surface area contributed by atoms with Gasteiger partial charge in [-0.25, -0.2) is 15.0 Å². The fraction of sp³-hybridized carbons (Fsp3) is 0.429. The van der Waals surface area contributed by atoms with E-state index < -0.39 is 11.1 Å². The van der Waals surface area contributed by atoms with Crippen molar-refractivity contribution in [2.75, 3.05) is 18.0 Å². The highest BCUT2D eigenvalue weighted by Gasteiger charge is 2.28. The molecule has 2 fully saturated rings. The molecule has 0 atom stereocenters. The zero-order valence-corrected chi connectivity index (χ0v) is 16.7. The maximum absolute atomic E-state index is 12.9. The molecule has 30 heavy (non-hydrogen) atoms. The van der Waals surface area contributed by atoms with Crippen molar-refractivity contribution in [2.24, 2.45) is 7.05 Å². The van der Waals surface area contributed by atoms with Crippen molar-refractivity contribution >= 4 is 17.1 Å². The van der Waals surface area contributed by atoms with Gasteiger partial charge in [-0.3, -0.25) is 14.2 Å². The normalized spacial score (nSPS) is 17.3. The van der Waals surface area contributed by atoms with Crippen molar-refractivity contribution < 1.29 is 0 Å². The number of fused-ring (bicyclic) bond motifs is 1. The lowest BCUT2D eigenvalue weighted by molar-refractivity contribution is 0.389. The number of aromatic nitrogens is 5. The van der Waals surface area contributed by atoms with E-state index in [2.05, 4.69) is 15.0 Å². The molecule has 1 aliphatic carbocycles. The van der Waals surface area contributed by atoms with E-state index in [0.29, 0.717) is 54.5 Å². The van der Waals surface area contributed by atoms with E-state index in [1.54, 1.807) is 11.6 Å². The van der Waals surface area contributed by atoms with Crippen molar-refractivity contribution in [3.8, 4) is 6.07 Å². The summed E-state index contributed by atoms with van der Waals surface area (Å²) in [6.45, 7) is 1.31. The predicted octanol–water partition coefficient (Wildman–Crippen LogP) is 1.48. The Hall–Kier alpha value is -3.54. The molecule has 152 valence electrons. The van der Waals surface area contributed by atoms with E-state index in [-0.39, 0.29) is 6.04 Å². The number of nitriles is 1. The molecule has 0 aromatic carbocycles. The van der Waals surface area contributed by atoms with Crippen LogP contribution in [0.4, 0.5) is 5.95 Å². The quantitative estimate of drug-likeness (QED) is 0.609. The van der Waals surface area contributed by atoms with Crippen LogP contribution in [0.5, 0.6) is 0 Å². The van der Waals surface area contributed by atoms with Gasteiger partial charge in [-0.1, -0.05) is 0 Å². The molecule has 0 spiro atoms. The maximum Gasteiger partial charge on any atom is 0.318 e. The highest BCUT2D eigenvalue weighted by molar-refractivity contribution is 5.72. The van der Waals surface area contributed by atoms with Gasteiger partial charge < -0.3 is 9.47 Å². The Morgan fingerprint density at radius 3 is 2.33 bits per heavy atom. The largest absolute Gasteiger partial charge is 0.341 e. The van der Waals surface area contributed by atoms with Crippen LogP contribution in [0.1, 0.15) is 48.8 Å². The minimum atomic E-state index is -0.523. The summed E-state index contributed by atoms with van der Waals surface area (Å²) in [7, 11) is 1.64. The van der Waals surface area contributed by atoms with Gasteiger partial charge >= 0.3 is 11.1 Å². The van der Waals surface area contributed by atoms with Crippen LogP contribution in [0.3, 0.4) is 0 Å². The van der Waals surface area contributed by atoms with Gasteiger partial charge in [0.05, 0.1) is 23.5 Å². The number of aryl methyl sites for hydroxylation is 1. The fourth-order valence-corrected chi connectivity index (χ4v) is 4.19. The first-order valence-corrected chi connectivity index (χ1v) is 10.1. The highest BCUT2D eigenvalue weighted by Crippen LogP contribution is 2.40. The summed E-state index contributed by atoms with van der Waals surface area (Å²) in [6, 6.07) is 3.92. The third kappa shape index (κ3) is 3.05. The third-order valence-electron chi connectivity index (χ3n) is 6.09. The predicted molar refractivity (Wildman–Crippen MR) is 110 cm³/mol.